The summed E-state index contributed by atoms with van der Waals surface area (Å²) in [5.74, 6) is -0.0167. The Kier molecular flexibility index (Phi) is 5.01. The van der Waals surface area contributed by atoms with Crippen molar-refractivity contribution in [2.75, 3.05) is 5.32 Å². The summed E-state index contributed by atoms with van der Waals surface area (Å²) in [5, 5.41) is 23.4. The number of nitrogens with one attached hydrogen (secondary N) is 1. The third-order valence-electron chi connectivity index (χ3n) is 4.75. The van der Waals surface area contributed by atoms with Gasteiger partial charge in [0.15, 0.2) is 0 Å². The molecule has 0 aliphatic rings. The predicted molar refractivity (Wildman–Crippen MR) is 111 cm³/mol. The lowest BCUT2D eigenvalue weighted by Crippen LogP contribution is -2.06. The van der Waals surface area contributed by atoms with Gasteiger partial charge in [0.1, 0.15) is 11.5 Å². The van der Waals surface area contributed by atoms with Crippen LogP contribution in [-0.4, -0.2) is 24.5 Å². The second-order valence-corrected chi connectivity index (χ2v) is 6.81. The first-order valence-corrected chi connectivity index (χ1v) is 9.26. The number of benzene rings is 2. The van der Waals surface area contributed by atoms with E-state index in [0.717, 1.165) is 16.8 Å². The molecule has 2 heterocycles. The molecule has 2 aromatic carbocycles. The highest BCUT2D eigenvalue weighted by Crippen LogP contribution is 2.29. The van der Waals surface area contributed by atoms with Crippen LogP contribution >= 0.6 is 0 Å². The summed E-state index contributed by atoms with van der Waals surface area (Å²) in [4.78, 5) is 11.0. The minimum atomic E-state index is -0.445. The maximum Gasteiger partial charge on any atom is 0.333 e. The number of halogens is 1. The van der Waals surface area contributed by atoms with Gasteiger partial charge in [0.2, 0.25) is 5.82 Å². The molecule has 9 heteroatoms. The van der Waals surface area contributed by atoms with Gasteiger partial charge in [0.25, 0.3) is 0 Å². The summed E-state index contributed by atoms with van der Waals surface area (Å²) in [5.41, 5.74) is 3.36. The average Bonchev–Trinajstić information content (AvgIpc) is 3.28. The topological polar surface area (TPSA) is 90.8 Å². The molecule has 0 radical (unpaired) electrons. The lowest BCUT2D eigenvalue weighted by Gasteiger charge is -2.06. The van der Waals surface area contributed by atoms with E-state index in [2.05, 4.69) is 15.5 Å². The highest BCUT2D eigenvalue weighted by atomic mass is 19.1. The van der Waals surface area contributed by atoms with Crippen molar-refractivity contribution in [3.05, 3.63) is 88.0 Å². The SMILES string of the molecule is Cc1nn(C)c(NCc2cn(-c3ccccc3)nc2-c2ccc(F)cc2)c1[N+](=O)[O-]. The molecule has 8 nitrogen and oxygen atoms in total. The normalized spacial score (nSPS) is 10.9. The van der Waals surface area contributed by atoms with Crippen molar-refractivity contribution < 1.29 is 9.31 Å². The number of para-hydroxylation sites is 1. The molecular formula is C21H19FN6O2. The van der Waals surface area contributed by atoms with Crippen LogP contribution in [0.5, 0.6) is 0 Å². The molecule has 0 atom stereocenters. The molecule has 0 unspecified atom stereocenters. The summed E-state index contributed by atoms with van der Waals surface area (Å²) in [6.45, 7) is 1.88. The second-order valence-electron chi connectivity index (χ2n) is 6.81. The van der Waals surface area contributed by atoms with Gasteiger partial charge in [0.05, 0.1) is 16.3 Å². The van der Waals surface area contributed by atoms with Crippen LogP contribution in [0, 0.1) is 22.9 Å². The summed E-state index contributed by atoms with van der Waals surface area (Å²) < 4.78 is 16.6. The standard InChI is InChI=1S/C21H19FN6O2/c1-14-20(28(29)30)21(26(2)24-14)23-12-16-13-27(18-6-4-3-5-7-18)25-19(16)15-8-10-17(22)11-9-15/h3-11,13,23H,12H2,1-2H3. The van der Waals surface area contributed by atoms with Crippen molar-refractivity contribution in [3.63, 3.8) is 0 Å². The first kappa shape index (κ1) is 19.3. The minimum absolute atomic E-state index is 0.0590. The third kappa shape index (κ3) is 3.64. The fourth-order valence-corrected chi connectivity index (χ4v) is 3.35. The Balaban J connectivity index is 1.73. The number of hydrogen-bond donors (Lipinski definition) is 1. The van der Waals surface area contributed by atoms with Crippen molar-refractivity contribution in [1.82, 2.24) is 19.6 Å². The highest BCUT2D eigenvalue weighted by molar-refractivity contribution is 5.65. The third-order valence-corrected chi connectivity index (χ3v) is 4.75. The van der Waals surface area contributed by atoms with Crippen molar-refractivity contribution >= 4 is 11.5 Å². The van der Waals surface area contributed by atoms with E-state index < -0.39 is 4.92 Å². The van der Waals surface area contributed by atoms with Gasteiger partial charge in [-0.3, -0.25) is 10.1 Å². The molecule has 4 rings (SSSR count). The van der Waals surface area contributed by atoms with Crippen LogP contribution in [0.15, 0.2) is 60.8 Å². The van der Waals surface area contributed by atoms with Gasteiger partial charge in [0, 0.05) is 30.9 Å². The number of aromatic nitrogens is 4. The van der Waals surface area contributed by atoms with Crippen molar-refractivity contribution in [2.24, 2.45) is 7.05 Å². The molecule has 1 N–H and O–H groups in total. The molecule has 0 bridgehead atoms. The predicted octanol–water partition coefficient (Wildman–Crippen LogP) is 4.24. The van der Waals surface area contributed by atoms with E-state index in [0.29, 0.717) is 17.2 Å². The minimum Gasteiger partial charge on any atom is -0.360 e. The molecule has 0 saturated heterocycles. The average molecular weight is 406 g/mol. The van der Waals surface area contributed by atoms with Crippen molar-refractivity contribution in [1.29, 1.82) is 0 Å². The monoisotopic (exact) mass is 406 g/mol. The van der Waals surface area contributed by atoms with Gasteiger partial charge in [-0.2, -0.15) is 10.2 Å². The number of rotatable bonds is 6. The zero-order valence-corrected chi connectivity index (χ0v) is 16.4. The van der Waals surface area contributed by atoms with Gasteiger partial charge in [-0.25, -0.2) is 13.8 Å². The van der Waals surface area contributed by atoms with E-state index in [1.165, 1.54) is 16.8 Å². The van der Waals surface area contributed by atoms with E-state index >= 15 is 0 Å². The molecule has 0 amide bonds. The van der Waals surface area contributed by atoms with Crippen LogP contribution < -0.4 is 5.32 Å². The molecule has 30 heavy (non-hydrogen) atoms. The van der Waals surface area contributed by atoms with Crippen LogP contribution in [0.25, 0.3) is 16.9 Å². The summed E-state index contributed by atoms with van der Waals surface area (Å²) in [7, 11) is 1.65. The van der Waals surface area contributed by atoms with E-state index in [9.17, 15) is 14.5 Å². The van der Waals surface area contributed by atoms with Crippen molar-refractivity contribution in [2.45, 2.75) is 13.5 Å². The molecule has 2 aromatic heterocycles. The molecule has 4 aromatic rings. The summed E-state index contributed by atoms with van der Waals surface area (Å²) >= 11 is 0. The lowest BCUT2D eigenvalue weighted by atomic mass is 10.1. The molecule has 0 aliphatic heterocycles. The van der Waals surface area contributed by atoms with Gasteiger partial charge in [-0.15, -0.1) is 0 Å². The number of anilines is 1. The molecule has 0 fully saturated rings. The van der Waals surface area contributed by atoms with Crippen LogP contribution in [0.1, 0.15) is 11.3 Å². The van der Waals surface area contributed by atoms with Gasteiger partial charge in [-0.1, -0.05) is 18.2 Å². The lowest BCUT2D eigenvalue weighted by molar-refractivity contribution is -0.384. The molecule has 0 saturated carbocycles. The largest absolute Gasteiger partial charge is 0.360 e. The Morgan fingerprint density at radius 2 is 1.80 bits per heavy atom. The molecule has 0 spiro atoms. The molecular weight excluding hydrogens is 387 g/mol. The maximum absolute atomic E-state index is 13.4. The number of hydrogen-bond acceptors (Lipinski definition) is 5. The second kappa shape index (κ2) is 7.78. The Morgan fingerprint density at radius 1 is 1.10 bits per heavy atom. The van der Waals surface area contributed by atoms with E-state index in [-0.39, 0.29) is 18.0 Å². The fourth-order valence-electron chi connectivity index (χ4n) is 3.35. The van der Waals surface area contributed by atoms with Crippen molar-refractivity contribution in [3.8, 4) is 16.9 Å². The first-order valence-electron chi connectivity index (χ1n) is 9.26. The molecule has 152 valence electrons. The van der Waals surface area contributed by atoms with E-state index in [1.54, 1.807) is 30.8 Å². The Hall–Kier alpha value is -4.01. The number of nitrogens with zero attached hydrogens (tertiary/aromatic N) is 5. The zero-order valence-electron chi connectivity index (χ0n) is 16.4. The highest BCUT2D eigenvalue weighted by Gasteiger charge is 2.24. The Bertz CT molecular complexity index is 1200. The van der Waals surface area contributed by atoms with Gasteiger partial charge >= 0.3 is 5.69 Å². The number of nitro groups is 1. The molecule has 0 aliphatic carbocycles. The quantitative estimate of drug-likeness (QED) is 0.382. The number of aryl methyl sites for hydroxylation is 2. The summed E-state index contributed by atoms with van der Waals surface area (Å²) in [6, 6.07) is 15.7. The maximum atomic E-state index is 13.4. The van der Waals surface area contributed by atoms with Crippen LogP contribution in [0.3, 0.4) is 0 Å². The Morgan fingerprint density at radius 3 is 2.47 bits per heavy atom. The zero-order chi connectivity index (χ0) is 21.3. The van der Waals surface area contributed by atoms with Crippen LogP contribution in [0.4, 0.5) is 15.9 Å². The van der Waals surface area contributed by atoms with Gasteiger partial charge in [-0.05, 0) is 43.3 Å². The summed E-state index contributed by atoms with van der Waals surface area (Å²) in [6.07, 6.45) is 1.86. The first-order chi connectivity index (χ1) is 14.4. The fraction of sp³-hybridized carbons (Fsp3) is 0.143. The Labute approximate surface area is 171 Å². The van der Waals surface area contributed by atoms with E-state index in [4.69, 9.17) is 0 Å². The van der Waals surface area contributed by atoms with Crippen LogP contribution in [0.2, 0.25) is 0 Å². The van der Waals surface area contributed by atoms with Crippen LogP contribution in [-0.2, 0) is 13.6 Å². The smallest absolute Gasteiger partial charge is 0.333 e. The van der Waals surface area contributed by atoms with Gasteiger partial charge < -0.3 is 5.32 Å². The van der Waals surface area contributed by atoms with E-state index in [1.807, 2.05) is 36.5 Å².